The van der Waals surface area contributed by atoms with Gasteiger partial charge in [0.1, 0.15) is 0 Å². The van der Waals surface area contributed by atoms with E-state index in [-0.39, 0.29) is 6.67 Å². The van der Waals surface area contributed by atoms with Gasteiger partial charge in [-0.15, -0.1) is 0 Å². The summed E-state index contributed by atoms with van der Waals surface area (Å²) in [5.74, 6) is 0. The van der Waals surface area contributed by atoms with Gasteiger partial charge in [-0.1, -0.05) is 22.4 Å². The van der Waals surface area contributed by atoms with E-state index in [1.54, 1.807) is 0 Å². The summed E-state index contributed by atoms with van der Waals surface area (Å²) in [6.07, 6.45) is 2.84. The molecular weight excluding hydrogens is 159 g/mol. The number of alkyl halides is 2. The van der Waals surface area contributed by atoms with Crippen molar-refractivity contribution in [2.75, 3.05) is 12.0 Å². The smallest absolute Gasteiger partial charge is 0.0894 e. The fourth-order valence-electron chi connectivity index (χ4n) is 0.366. The molecule has 0 aromatic rings. The SMILES string of the molecule is FCCCCCBr. The van der Waals surface area contributed by atoms with Crippen LogP contribution in [0.1, 0.15) is 19.3 Å². The van der Waals surface area contributed by atoms with Crippen LogP contribution in [0.25, 0.3) is 0 Å². The lowest BCUT2D eigenvalue weighted by Crippen LogP contribution is -1.77. The summed E-state index contributed by atoms with van der Waals surface area (Å²) in [6.45, 7) is -0.160. The summed E-state index contributed by atoms with van der Waals surface area (Å²) in [7, 11) is 0. The highest BCUT2D eigenvalue weighted by molar-refractivity contribution is 9.09. The van der Waals surface area contributed by atoms with Gasteiger partial charge in [0.15, 0.2) is 0 Å². The van der Waals surface area contributed by atoms with Crippen LogP contribution in [0.15, 0.2) is 0 Å². The van der Waals surface area contributed by atoms with Gasteiger partial charge in [-0.05, 0) is 12.8 Å². The number of rotatable bonds is 4. The minimum absolute atomic E-state index is 0.160. The minimum atomic E-state index is -0.160. The zero-order valence-electron chi connectivity index (χ0n) is 4.29. The van der Waals surface area contributed by atoms with Crippen LogP contribution in [-0.4, -0.2) is 12.0 Å². The molecule has 0 aromatic heterocycles. The average molecular weight is 169 g/mol. The Morgan fingerprint density at radius 1 is 1.14 bits per heavy atom. The molecular formula is C5H10BrF. The van der Waals surface area contributed by atoms with E-state index in [2.05, 4.69) is 15.9 Å². The highest BCUT2D eigenvalue weighted by Gasteiger charge is 1.82. The molecule has 2 heteroatoms. The maximum atomic E-state index is 11.3. The maximum Gasteiger partial charge on any atom is 0.0894 e. The third-order valence-corrected chi connectivity index (χ3v) is 1.33. The average Bonchev–Trinajstić information content (AvgIpc) is 1.69. The standard InChI is InChI=1S/C5H10BrF/c6-4-2-1-3-5-7/h1-5H2. The number of unbranched alkanes of at least 4 members (excludes halogenated alkanes) is 2. The predicted octanol–water partition coefficient (Wildman–Crippen LogP) is 2.52. The molecule has 7 heavy (non-hydrogen) atoms. The normalized spacial score (nSPS) is 9.43. The van der Waals surface area contributed by atoms with Gasteiger partial charge in [-0.2, -0.15) is 0 Å². The lowest BCUT2D eigenvalue weighted by molar-refractivity contribution is 0.461. The molecule has 0 saturated carbocycles. The first kappa shape index (κ1) is 7.41. The molecule has 0 heterocycles. The Morgan fingerprint density at radius 2 is 1.86 bits per heavy atom. The zero-order valence-corrected chi connectivity index (χ0v) is 5.88. The largest absolute Gasteiger partial charge is 0.251 e. The topological polar surface area (TPSA) is 0 Å². The first-order valence-electron chi connectivity index (χ1n) is 2.53. The van der Waals surface area contributed by atoms with Gasteiger partial charge in [0, 0.05) is 5.33 Å². The number of halogens is 2. The maximum absolute atomic E-state index is 11.3. The molecule has 0 rings (SSSR count). The Labute approximate surface area is 52.2 Å². The molecule has 0 N–H and O–H groups in total. The summed E-state index contributed by atoms with van der Waals surface area (Å²) in [5.41, 5.74) is 0. The summed E-state index contributed by atoms with van der Waals surface area (Å²) in [5, 5.41) is 1.01. The van der Waals surface area contributed by atoms with Crippen LogP contribution in [0.4, 0.5) is 4.39 Å². The van der Waals surface area contributed by atoms with Gasteiger partial charge >= 0.3 is 0 Å². The van der Waals surface area contributed by atoms with Crippen molar-refractivity contribution in [3.8, 4) is 0 Å². The molecule has 0 radical (unpaired) electrons. The van der Waals surface area contributed by atoms with Crippen LogP contribution in [0.2, 0.25) is 0 Å². The Bertz CT molecular complexity index is 27.3. The van der Waals surface area contributed by atoms with Crippen LogP contribution in [-0.2, 0) is 0 Å². The second-order valence-corrected chi connectivity index (χ2v) is 2.23. The molecule has 0 bridgehead atoms. The molecule has 0 nitrogen and oxygen atoms in total. The van der Waals surface area contributed by atoms with E-state index in [0.717, 1.165) is 24.6 Å². The third-order valence-electron chi connectivity index (χ3n) is 0.767. The van der Waals surface area contributed by atoms with Crippen molar-refractivity contribution in [2.45, 2.75) is 19.3 Å². The van der Waals surface area contributed by atoms with Gasteiger partial charge in [0.2, 0.25) is 0 Å². The molecule has 0 amide bonds. The van der Waals surface area contributed by atoms with Gasteiger partial charge in [0.05, 0.1) is 6.67 Å². The van der Waals surface area contributed by atoms with Crippen molar-refractivity contribution in [1.29, 1.82) is 0 Å². The minimum Gasteiger partial charge on any atom is -0.251 e. The highest BCUT2D eigenvalue weighted by atomic mass is 79.9. The van der Waals surface area contributed by atoms with E-state index in [1.807, 2.05) is 0 Å². The second kappa shape index (κ2) is 6.41. The molecule has 0 atom stereocenters. The monoisotopic (exact) mass is 168 g/mol. The Morgan fingerprint density at radius 3 is 2.29 bits per heavy atom. The van der Waals surface area contributed by atoms with Crippen molar-refractivity contribution < 1.29 is 4.39 Å². The van der Waals surface area contributed by atoms with Crippen LogP contribution < -0.4 is 0 Å². The zero-order chi connectivity index (χ0) is 5.54. The molecule has 0 aliphatic heterocycles. The van der Waals surface area contributed by atoms with Crippen LogP contribution in [0.5, 0.6) is 0 Å². The van der Waals surface area contributed by atoms with Crippen LogP contribution in [0, 0.1) is 0 Å². The van der Waals surface area contributed by atoms with E-state index in [1.165, 1.54) is 0 Å². The van der Waals surface area contributed by atoms with Gasteiger partial charge in [-0.3, -0.25) is 4.39 Å². The Hall–Kier alpha value is 0.410. The predicted molar refractivity (Wildman–Crippen MR) is 33.6 cm³/mol. The molecule has 0 fully saturated rings. The summed E-state index contributed by atoms with van der Waals surface area (Å²) in [6, 6.07) is 0. The van der Waals surface area contributed by atoms with Crippen molar-refractivity contribution in [1.82, 2.24) is 0 Å². The van der Waals surface area contributed by atoms with E-state index in [9.17, 15) is 4.39 Å². The lowest BCUT2D eigenvalue weighted by Gasteiger charge is -1.88. The number of hydrogen-bond donors (Lipinski definition) is 0. The Balaban J connectivity index is 2.45. The third kappa shape index (κ3) is 6.41. The van der Waals surface area contributed by atoms with Crippen molar-refractivity contribution >= 4 is 15.9 Å². The van der Waals surface area contributed by atoms with E-state index in [4.69, 9.17) is 0 Å². The van der Waals surface area contributed by atoms with Crippen molar-refractivity contribution in [3.63, 3.8) is 0 Å². The first-order chi connectivity index (χ1) is 3.41. The molecule has 0 spiro atoms. The van der Waals surface area contributed by atoms with E-state index >= 15 is 0 Å². The highest BCUT2D eigenvalue weighted by Crippen LogP contribution is 1.97. The van der Waals surface area contributed by atoms with E-state index < -0.39 is 0 Å². The quantitative estimate of drug-likeness (QED) is 0.448. The second-order valence-electron chi connectivity index (χ2n) is 1.44. The van der Waals surface area contributed by atoms with Gasteiger partial charge in [0.25, 0.3) is 0 Å². The van der Waals surface area contributed by atoms with Crippen molar-refractivity contribution in [3.05, 3.63) is 0 Å². The summed E-state index contributed by atoms with van der Waals surface area (Å²) >= 11 is 3.26. The van der Waals surface area contributed by atoms with Crippen molar-refractivity contribution in [2.24, 2.45) is 0 Å². The molecule has 0 aliphatic carbocycles. The fraction of sp³-hybridized carbons (Fsp3) is 1.00. The molecule has 44 valence electrons. The first-order valence-corrected chi connectivity index (χ1v) is 3.66. The molecule has 0 aliphatic rings. The van der Waals surface area contributed by atoms with Crippen LogP contribution >= 0.6 is 15.9 Å². The summed E-state index contributed by atoms with van der Waals surface area (Å²) in [4.78, 5) is 0. The molecule has 0 saturated heterocycles. The fourth-order valence-corrected chi connectivity index (χ4v) is 0.762. The van der Waals surface area contributed by atoms with E-state index in [0.29, 0.717) is 0 Å². The lowest BCUT2D eigenvalue weighted by atomic mass is 10.3. The Kier molecular flexibility index (Phi) is 6.79. The molecule has 0 unspecified atom stereocenters. The van der Waals surface area contributed by atoms with Crippen LogP contribution in [0.3, 0.4) is 0 Å². The van der Waals surface area contributed by atoms with Gasteiger partial charge < -0.3 is 0 Å². The molecule has 0 aromatic carbocycles. The summed E-state index contributed by atoms with van der Waals surface area (Å²) < 4.78 is 11.3. The van der Waals surface area contributed by atoms with Gasteiger partial charge in [-0.25, -0.2) is 0 Å². The number of hydrogen-bond acceptors (Lipinski definition) is 0.